The van der Waals surface area contributed by atoms with Gasteiger partial charge in [-0.15, -0.1) is 0 Å². The van der Waals surface area contributed by atoms with Crippen LogP contribution in [0.25, 0.3) is 0 Å². The van der Waals surface area contributed by atoms with E-state index in [-0.39, 0.29) is 12.5 Å². The number of halogens is 2. The Morgan fingerprint density at radius 2 is 1.80 bits per heavy atom. The van der Waals surface area contributed by atoms with Gasteiger partial charge in [0, 0.05) is 31.2 Å². The fraction of sp³-hybridized carbons (Fsp3) is 0.412. The first-order chi connectivity index (χ1) is 11.7. The van der Waals surface area contributed by atoms with Crippen LogP contribution in [-0.2, 0) is 9.59 Å². The molecule has 0 bridgehead atoms. The van der Waals surface area contributed by atoms with Crippen molar-refractivity contribution >= 4 is 35.1 Å². The summed E-state index contributed by atoms with van der Waals surface area (Å²) in [5, 5.41) is 26.3. The molecule has 0 aliphatic carbocycles. The van der Waals surface area contributed by atoms with E-state index in [2.05, 4.69) is 11.9 Å². The van der Waals surface area contributed by atoms with Gasteiger partial charge in [-0.05, 0) is 43.6 Å². The number of nitrogens with zero attached hydrogens (tertiary/aromatic N) is 1. The average Bonchev–Trinajstić information content (AvgIpc) is 2.56. The normalized spacial score (nSPS) is 20.8. The van der Waals surface area contributed by atoms with Crippen molar-refractivity contribution in [2.24, 2.45) is 5.92 Å². The summed E-state index contributed by atoms with van der Waals surface area (Å²) in [5.74, 6) is -1.85. The SMILES string of the molecule is CN1CC[C@@H](c2ccc(Cl)c(Cl)c2)[C@H](CO)C1.O=C(O)C=CC(=O)O. The van der Waals surface area contributed by atoms with Gasteiger partial charge in [0.15, 0.2) is 0 Å². The van der Waals surface area contributed by atoms with Crippen LogP contribution in [0.5, 0.6) is 0 Å². The molecule has 6 nitrogen and oxygen atoms in total. The molecule has 0 saturated carbocycles. The lowest BCUT2D eigenvalue weighted by Crippen LogP contribution is -2.38. The van der Waals surface area contributed by atoms with Crippen LogP contribution in [0, 0.1) is 5.92 Å². The third-order valence-corrected chi connectivity index (χ3v) is 4.65. The van der Waals surface area contributed by atoms with Gasteiger partial charge in [0.1, 0.15) is 0 Å². The first-order valence-corrected chi connectivity index (χ1v) is 8.38. The van der Waals surface area contributed by atoms with Crippen molar-refractivity contribution in [2.75, 3.05) is 26.7 Å². The number of hydrogen-bond donors (Lipinski definition) is 3. The average molecular weight is 390 g/mol. The molecule has 138 valence electrons. The van der Waals surface area contributed by atoms with E-state index in [0.717, 1.165) is 19.5 Å². The lowest BCUT2D eigenvalue weighted by molar-refractivity contribution is -0.134. The van der Waals surface area contributed by atoms with Gasteiger partial charge in [-0.2, -0.15) is 0 Å². The smallest absolute Gasteiger partial charge is 0.328 e. The Balaban J connectivity index is 0.000000333. The van der Waals surface area contributed by atoms with Crippen molar-refractivity contribution in [2.45, 2.75) is 12.3 Å². The van der Waals surface area contributed by atoms with Gasteiger partial charge in [-0.3, -0.25) is 0 Å². The molecule has 0 radical (unpaired) electrons. The molecule has 1 fully saturated rings. The van der Waals surface area contributed by atoms with Crippen molar-refractivity contribution in [1.82, 2.24) is 4.90 Å². The number of rotatable bonds is 4. The molecule has 1 aliphatic heterocycles. The number of aliphatic carboxylic acids is 2. The summed E-state index contributed by atoms with van der Waals surface area (Å²) in [6.45, 7) is 2.21. The molecule has 1 heterocycles. The monoisotopic (exact) mass is 389 g/mol. The Labute approximate surface area is 156 Å². The van der Waals surface area contributed by atoms with Crippen LogP contribution in [0.15, 0.2) is 30.4 Å². The molecule has 0 aromatic heterocycles. The number of benzene rings is 1. The van der Waals surface area contributed by atoms with Gasteiger partial charge in [0.25, 0.3) is 0 Å². The first-order valence-electron chi connectivity index (χ1n) is 7.62. The second-order valence-corrected chi connectivity index (χ2v) is 6.60. The van der Waals surface area contributed by atoms with Gasteiger partial charge >= 0.3 is 11.9 Å². The fourth-order valence-electron chi connectivity index (χ4n) is 2.72. The summed E-state index contributed by atoms with van der Waals surface area (Å²) in [4.78, 5) is 21.4. The fourth-order valence-corrected chi connectivity index (χ4v) is 3.03. The molecule has 2 rings (SSSR count). The Hall–Kier alpha value is -1.60. The van der Waals surface area contributed by atoms with Crippen LogP contribution in [-0.4, -0.2) is 58.9 Å². The maximum absolute atomic E-state index is 9.55. The zero-order valence-electron chi connectivity index (χ0n) is 13.7. The highest BCUT2D eigenvalue weighted by Crippen LogP contribution is 2.35. The van der Waals surface area contributed by atoms with E-state index < -0.39 is 11.9 Å². The Bertz CT molecular complexity index is 619. The first kappa shape index (κ1) is 21.4. The molecule has 3 N–H and O–H groups in total. The molecule has 1 aromatic rings. The summed E-state index contributed by atoms with van der Waals surface area (Å²) < 4.78 is 0. The molecule has 0 unspecified atom stereocenters. The van der Waals surface area contributed by atoms with Crippen molar-refractivity contribution in [3.8, 4) is 0 Å². The van der Waals surface area contributed by atoms with Crippen LogP contribution in [0.1, 0.15) is 17.9 Å². The lowest BCUT2D eigenvalue weighted by atomic mass is 9.81. The molecule has 0 amide bonds. The van der Waals surface area contributed by atoms with Gasteiger partial charge in [0.05, 0.1) is 10.0 Å². The van der Waals surface area contributed by atoms with E-state index in [1.165, 1.54) is 5.56 Å². The van der Waals surface area contributed by atoms with Gasteiger partial charge < -0.3 is 20.2 Å². The Morgan fingerprint density at radius 1 is 1.20 bits per heavy atom. The molecular formula is C17H21Cl2NO5. The summed E-state index contributed by atoms with van der Waals surface area (Å²) in [7, 11) is 2.09. The third kappa shape index (κ3) is 7.44. The summed E-state index contributed by atoms with van der Waals surface area (Å²) >= 11 is 12.0. The Kier molecular flexibility index (Phi) is 8.92. The summed E-state index contributed by atoms with van der Waals surface area (Å²) in [5.41, 5.74) is 1.19. The minimum absolute atomic E-state index is 0.218. The van der Waals surface area contributed by atoms with E-state index in [1.54, 1.807) is 0 Å². The quantitative estimate of drug-likeness (QED) is 0.684. The van der Waals surface area contributed by atoms with Gasteiger partial charge in [0.2, 0.25) is 0 Å². The topological polar surface area (TPSA) is 98.1 Å². The lowest BCUT2D eigenvalue weighted by Gasteiger charge is -2.36. The zero-order chi connectivity index (χ0) is 19.0. The maximum Gasteiger partial charge on any atom is 0.328 e. The third-order valence-electron chi connectivity index (χ3n) is 3.91. The zero-order valence-corrected chi connectivity index (χ0v) is 15.2. The van der Waals surface area contributed by atoms with E-state index in [4.69, 9.17) is 33.4 Å². The number of carboxylic acid groups (broad SMARTS) is 2. The number of carboxylic acids is 2. The highest BCUT2D eigenvalue weighted by Gasteiger charge is 2.28. The van der Waals surface area contributed by atoms with Gasteiger partial charge in [-0.1, -0.05) is 29.3 Å². The number of aliphatic hydroxyl groups is 1. The summed E-state index contributed by atoms with van der Waals surface area (Å²) in [6, 6.07) is 5.79. The number of aliphatic hydroxyl groups excluding tert-OH is 1. The van der Waals surface area contributed by atoms with Crippen molar-refractivity contribution in [3.05, 3.63) is 46.0 Å². The van der Waals surface area contributed by atoms with Crippen LogP contribution >= 0.6 is 23.2 Å². The molecular weight excluding hydrogens is 369 g/mol. The number of likely N-dealkylation sites (tertiary alicyclic amines) is 1. The molecule has 8 heteroatoms. The van der Waals surface area contributed by atoms with E-state index in [9.17, 15) is 14.7 Å². The predicted molar refractivity (Wildman–Crippen MR) is 96.3 cm³/mol. The van der Waals surface area contributed by atoms with Crippen molar-refractivity contribution in [3.63, 3.8) is 0 Å². The molecule has 1 aliphatic rings. The minimum Gasteiger partial charge on any atom is -0.478 e. The predicted octanol–water partition coefficient (Wildman–Crippen LogP) is 2.73. The molecule has 1 aromatic carbocycles. The highest BCUT2D eigenvalue weighted by molar-refractivity contribution is 6.42. The van der Waals surface area contributed by atoms with E-state index in [1.807, 2.05) is 18.2 Å². The molecule has 1 saturated heterocycles. The summed E-state index contributed by atoms with van der Waals surface area (Å²) in [6.07, 6.45) is 2.17. The molecule has 2 atom stereocenters. The van der Waals surface area contributed by atoms with Crippen LogP contribution in [0.4, 0.5) is 0 Å². The second-order valence-electron chi connectivity index (χ2n) is 5.78. The Morgan fingerprint density at radius 3 is 2.28 bits per heavy atom. The van der Waals surface area contributed by atoms with Crippen LogP contribution < -0.4 is 0 Å². The number of hydrogen-bond acceptors (Lipinski definition) is 4. The van der Waals surface area contributed by atoms with Crippen LogP contribution in [0.3, 0.4) is 0 Å². The van der Waals surface area contributed by atoms with Crippen molar-refractivity contribution < 1.29 is 24.9 Å². The highest BCUT2D eigenvalue weighted by atomic mass is 35.5. The van der Waals surface area contributed by atoms with Crippen molar-refractivity contribution in [1.29, 1.82) is 0 Å². The van der Waals surface area contributed by atoms with Crippen LogP contribution in [0.2, 0.25) is 10.0 Å². The minimum atomic E-state index is -1.26. The molecule has 25 heavy (non-hydrogen) atoms. The van der Waals surface area contributed by atoms with E-state index in [0.29, 0.717) is 28.1 Å². The standard InChI is InChI=1S/C13H17Cl2NO.C4H4O4/c1-16-5-4-11(10(7-16)8-17)9-2-3-12(14)13(15)6-9;5-3(6)1-2-4(7)8/h2-3,6,10-11,17H,4-5,7-8H2,1H3;1-2H,(H,5,6)(H,7,8)/t10-,11-;/m0./s1. The largest absolute Gasteiger partial charge is 0.478 e. The second kappa shape index (κ2) is 10.4. The number of carbonyl (C=O) groups is 2. The molecule has 0 spiro atoms. The van der Waals surface area contributed by atoms with E-state index >= 15 is 0 Å². The maximum atomic E-state index is 9.55. The number of piperidine rings is 1. The van der Waals surface area contributed by atoms with Gasteiger partial charge in [-0.25, -0.2) is 9.59 Å².